The minimum atomic E-state index is -0.521. The van der Waals surface area contributed by atoms with Gasteiger partial charge < -0.3 is 18.9 Å². The zero-order chi connectivity index (χ0) is 31.1. The van der Waals surface area contributed by atoms with E-state index < -0.39 is 5.97 Å². The summed E-state index contributed by atoms with van der Waals surface area (Å²) in [6, 6.07) is 14.5. The summed E-state index contributed by atoms with van der Waals surface area (Å²) >= 11 is 6.55. The highest BCUT2D eigenvalue weighted by Gasteiger charge is 2.19. The zero-order valence-corrected chi connectivity index (χ0v) is 26.0. The van der Waals surface area contributed by atoms with Crippen molar-refractivity contribution in [1.82, 2.24) is 9.66 Å². The molecule has 0 atom stereocenters. The van der Waals surface area contributed by atoms with E-state index in [0.29, 0.717) is 41.3 Å². The van der Waals surface area contributed by atoms with E-state index in [1.807, 2.05) is 45.0 Å². The normalized spacial score (nSPS) is 11.3. The number of para-hydroxylation sites is 1. The molecule has 43 heavy (non-hydrogen) atoms. The molecule has 10 heteroatoms. The second kappa shape index (κ2) is 14.2. The highest BCUT2D eigenvalue weighted by molar-refractivity contribution is 6.32. The van der Waals surface area contributed by atoms with Crippen LogP contribution in [0.5, 0.6) is 17.2 Å². The molecular formula is C33H36ClN3O6. The molecular weight excluding hydrogens is 570 g/mol. The first-order valence-electron chi connectivity index (χ1n) is 14.3. The summed E-state index contributed by atoms with van der Waals surface area (Å²) in [5, 5.41) is 5.25. The van der Waals surface area contributed by atoms with Crippen molar-refractivity contribution in [3.05, 3.63) is 80.6 Å². The molecule has 0 amide bonds. The van der Waals surface area contributed by atoms with E-state index in [1.165, 1.54) is 10.9 Å². The molecule has 3 aromatic carbocycles. The average Bonchev–Trinajstić information content (AvgIpc) is 2.96. The molecule has 0 fully saturated rings. The van der Waals surface area contributed by atoms with Crippen LogP contribution in [-0.2, 0) is 9.53 Å². The van der Waals surface area contributed by atoms with E-state index >= 15 is 0 Å². The van der Waals surface area contributed by atoms with Crippen LogP contribution in [0.2, 0.25) is 5.02 Å². The predicted molar refractivity (Wildman–Crippen MR) is 169 cm³/mol. The quantitative estimate of drug-likeness (QED) is 0.130. The van der Waals surface area contributed by atoms with Crippen LogP contribution in [0.25, 0.3) is 22.3 Å². The molecule has 0 saturated carbocycles. The van der Waals surface area contributed by atoms with Gasteiger partial charge in [-0.25, -0.2) is 9.78 Å². The average molecular weight is 606 g/mol. The lowest BCUT2D eigenvalue weighted by Crippen LogP contribution is -2.21. The molecule has 1 heterocycles. The number of hydrogen-bond acceptors (Lipinski definition) is 8. The lowest BCUT2D eigenvalue weighted by Gasteiger charge is -2.18. The first-order valence-corrected chi connectivity index (χ1v) is 14.6. The SMILES string of the molecule is CCOC(=O)COc1c(Cl)cc(C=Nn2c(-c3cc(C(C)C)c(OCC)cc3C)nc3ccccc3c2=O)cc1OCC. The van der Waals surface area contributed by atoms with Gasteiger partial charge in [0.05, 0.1) is 42.0 Å². The maximum absolute atomic E-state index is 13.8. The van der Waals surface area contributed by atoms with Crippen molar-refractivity contribution >= 4 is 34.7 Å². The van der Waals surface area contributed by atoms with Crippen LogP contribution in [0.1, 0.15) is 57.2 Å². The van der Waals surface area contributed by atoms with E-state index in [2.05, 4.69) is 18.9 Å². The molecule has 0 saturated heterocycles. The number of aryl methyl sites for hydroxylation is 1. The van der Waals surface area contributed by atoms with Gasteiger partial charge in [-0.3, -0.25) is 4.79 Å². The molecule has 4 aromatic rings. The first kappa shape index (κ1) is 31.6. The van der Waals surface area contributed by atoms with Gasteiger partial charge in [-0.1, -0.05) is 37.6 Å². The van der Waals surface area contributed by atoms with E-state index in [1.54, 1.807) is 31.2 Å². The van der Waals surface area contributed by atoms with Crippen LogP contribution in [0.4, 0.5) is 0 Å². The van der Waals surface area contributed by atoms with Crippen molar-refractivity contribution < 1.29 is 23.7 Å². The fourth-order valence-corrected chi connectivity index (χ4v) is 4.87. The predicted octanol–water partition coefficient (Wildman–Crippen LogP) is 6.77. The second-order valence-corrected chi connectivity index (χ2v) is 10.4. The fourth-order valence-electron chi connectivity index (χ4n) is 4.60. The summed E-state index contributed by atoms with van der Waals surface area (Å²) in [6.45, 7) is 12.4. The van der Waals surface area contributed by atoms with Gasteiger partial charge in [0.2, 0.25) is 0 Å². The summed E-state index contributed by atoms with van der Waals surface area (Å²) in [5.74, 6) is 1.40. The number of benzene rings is 3. The van der Waals surface area contributed by atoms with Crippen molar-refractivity contribution in [2.45, 2.75) is 47.5 Å². The van der Waals surface area contributed by atoms with E-state index in [-0.39, 0.29) is 35.5 Å². The van der Waals surface area contributed by atoms with E-state index in [0.717, 1.165) is 22.4 Å². The van der Waals surface area contributed by atoms with Crippen molar-refractivity contribution in [2.24, 2.45) is 5.10 Å². The number of carbonyl (C=O) groups excluding carboxylic acids is 1. The second-order valence-electron chi connectivity index (χ2n) is 9.96. The molecule has 9 nitrogen and oxygen atoms in total. The van der Waals surface area contributed by atoms with Gasteiger partial charge >= 0.3 is 5.97 Å². The molecule has 0 aliphatic rings. The number of aromatic nitrogens is 2. The Bertz CT molecular complexity index is 1710. The number of hydrogen-bond donors (Lipinski definition) is 0. The third-order valence-electron chi connectivity index (χ3n) is 6.57. The van der Waals surface area contributed by atoms with Crippen molar-refractivity contribution in [3.8, 4) is 28.6 Å². The molecule has 0 spiro atoms. The number of carbonyl (C=O) groups is 1. The smallest absolute Gasteiger partial charge is 0.344 e. The highest BCUT2D eigenvalue weighted by atomic mass is 35.5. The van der Waals surface area contributed by atoms with Crippen LogP contribution in [-0.4, -0.2) is 48.3 Å². The molecule has 0 bridgehead atoms. The summed E-state index contributed by atoms with van der Waals surface area (Å²) < 4.78 is 23.5. The third-order valence-corrected chi connectivity index (χ3v) is 6.85. The van der Waals surface area contributed by atoms with Crippen molar-refractivity contribution in [3.63, 3.8) is 0 Å². The van der Waals surface area contributed by atoms with Crippen molar-refractivity contribution in [1.29, 1.82) is 0 Å². The van der Waals surface area contributed by atoms with Gasteiger partial charge in [0, 0.05) is 5.56 Å². The summed E-state index contributed by atoms with van der Waals surface area (Å²) in [7, 11) is 0. The number of nitrogens with zero attached hydrogens (tertiary/aromatic N) is 3. The standard InChI is InChI=1S/C33H36ClN3O6/c1-7-40-28-14-21(6)25(17-24(28)20(4)5)32-36-27-13-11-10-12-23(27)33(39)37(32)35-18-22-15-26(34)31(29(16-22)41-8-2)43-19-30(38)42-9-3/h10-18,20H,7-9,19H2,1-6H3. The molecule has 0 aliphatic heterocycles. The Morgan fingerprint density at radius 2 is 1.72 bits per heavy atom. The van der Waals surface area contributed by atoms with E-state index in [4.69, 9.17) is 35.5 Å². The number of esters is 1. The van der Waals surface area contributed by atoms with Crippen LogP contribution in [0.15, 0.2) is 58.4 Å². The largest absolute Gasteiger partial charge is 0.494 e. The maximum atomic E-state index is 13.8. The number of halogens is 1. The van der Waals surface area contributed by atoms with Gasteiger partial charge in [-0.15, -0.1) is 0 Å². The number of rotatable bonds is 12. The molecule has 0 unspecified atom stereocenters. The summed E-state index contributed by atoms with van der Waals surface area (Å²) in [5.41, 5.74) is 3.47. The van der Waals surface area contributed by atoms with Crippen molar-refractivity contribution in [2.75, 3.05) is 26.4 Å². The molecule has 1 aromatic heterocycles. The number of fused-ring (bicyclic) bond motifs is 1. The topological polar surface area (TPSA) is 101 Å². The monoisotopic (exact) mass is 605 g/mol. The Labute approximate surface area is 256 Å². The third kappa shape index (κ3) is 7.17. The Hall–Kier alpha value is -4.37. The summed E-state index contributed by atoms with van der Waals surface area (Å²) in [4.78, 5) is 30.5. The van der Waals surface area contributed by atoms with Crippen LogP contribution in [0.3, 0.4) is 0 Å². The molecule has 0 radical (unpaired) electrons. The Morgan fingerprint density at radius 1 is 1.00 bits per heavy atom. The Morgan fingerprint density at radius 3 is 2.42 bits per heavy atom. The Balaban J connectivity index is 1.85. The molecule has 0 N–H and O–H groups in total. The molecule has 226 valence electrons. The van der Waals surface area contributed by atoms with Gasteiger partial charge in [0.1, 0.15) is 5.75 Å². The van der Waals surface area contributed by atoms with E-state index in [9.17, 15) is 9.59 Å². The van der Waals surface area contributed by atoms with Crippen LogP contribution < -0.4 is 19.8 Å². The zero-order valence-electron chi connectivity index (χ0n) is 25.3. The lowest BCUT2D eigenvalue weighted by atomic mass is 9.96. The number of ether oxygens (including phenoxy) is 4. The van der Waals surface area contributed by atoms with Gasteiger partial charge in [0.25, 0.3) is 5.56 Å². The minimum Gasteiger partial charge on any atom is -0.494 e. The Kier molecular flexibility index (Phi) is 10.4. The highest BCUT2D eigenvalue weighted by Crippen LogP contribution is 2.37. The minimum absolute atomic E-state index is 0.175. The molecule has 4 rings (SSSR count). The summed E-state index contributed by atoms with van der Waals surface area (Å²) in [6.07, 6.45) is 1.51. The van der Waals surface area contributed by atoms with Gasteiger partial charge in [0.15, 0.2) is 23.9 Å². The van der Waals surface area contributed by atoms with Crippen LogP contribution in [0, 0.1) is 6.92 Å². The van der Waals surface area contributed by atoms with Gasteiger partial charge in [-0.2, -0.15) is 9.78 Å². The first-order chi connectivity index (χ1) is 20.7. The maximum Gasteiger partial charge on any atom is 0.344 e. The van der Waals surface area contributed by atoms with Crippen LogP contribution >= 0.6 is 11.6 Å². The van der Waals surface area contributed by atoms with Gasteiger partial charge in [-0.05, 0) is 86.7 Å². The fraction of sp³-hybridized carbons (Fsp3) is 0.333. The molecule has 0 aliphatic carbocycles. The lowest BCUT2D eigenvalue weighted by molar-refractivity contribution is -0.145.